The molecule has 3 rings (SSSR count). The van der Waals surface area contributed by atoms with Gasteiger partial charge >= 0.3 is 0 Å². The number of nitrogens with one attached hydrogen (secondary N) is 2. The van der Waals surface area contributed by atoms with Gasteiger partial charge in [0.15, 0.2) is 5.96 Å². The van der Waals surface area contributed by atoms with Gasteiger partial charge in [-0.1, -0.05) is 37.3 Å². The van der Waals surface area contributed by atoms with E-state index in [1.807, 2.05) is 13.1 Å². The minimum Gasteiger partial charge on any atom is -0.468 e. The van der Waals surface area contributed by atoms with E-state index in [-0.39, 0.29) is 30.0 Å². The van der Waals surface area contributed by atoms with Crippen molar-refractivity contribution in [3.63, 3.8) is 0 Å². The van der Waals surface area contributed by atoms with Crippen molar-refractivity contribution in [3.05, 3.63) is 60.1 Å². The number of aliphatic imine (C=N–C) groups is 1. The SMILES string of the molecule is CN=C(NCC(C)c1ccccc1)NCC(c1ccco1)N1CCCC1.I. The maximum atomic E-state index is 5.69. The minimum atomic E-state index is 0. The molecule has 0 amide bonds. The molecular weight excluding hydrogens is 451 g/mol. The van der Waals surface area contributed by atoms with Gasteiger partial charge in [0.1, 0.15) is 5.76 Å². The van der Waals surface area contributed by atoms with Crippen molar-refractivity contribution in [1.29, 1.82) is 0 Å². The van der Waals surface area contributed by atoms with Gasteiger partial charge in [0.25, 0.3) is 0 Å². The lowest BCUT2D eigenvalue weighted by atomic mass is 10.0. The Kier molecular flexibility index (Phi) is 9.14. The highest BCUT2D eigenvalue weighted by molar-refractivity contribution is 14.0. The Labute approximate surface area is 179 Å². The summed E-state index contributed by atoms with van der Waals surface area (Å²) in [7, 11) is 1.82. The monoisotopic (exact) mass is 482 g/mol. The Morgan fingerprint density at radius 2 is 1.78 bits per heavy atom. The summed E-state index contributed by atoms with van der Waals surface area (Å²) < 4.78 is 5.69. The Balaban J connectivity index is 0.00000261. The van der Waals surface area contributed by atoms with Crippen LogP contribution in [0, 0.1) is 0 Å². The van der Waals surface area contributed by atoms with E-state index in [4.69, 9.17) is 4.42 Å². The third-order valence-electron chi connectivity index (χ3n) is 5.08. The summed E-state index contributed by atoms with van der Waals surface area (Å²) in [4.78, 5) is 6.87. The van der Waals surface area contributed by atoms with Gasteiger partial charge in [0.2, 0.25) is 0 Å². The lowest BCUT2D eigenvalue weighted by Crippen LogP contribution is -2.43. The van der Waals surface area contributed by atoms with Crippen molar-refractivity contribution in [1.82, 2.24) is 15.5 Å². The lowest BCUT2D eigenvalue weighted by molar-refractivity contribution is 0.215. The van der Waals surface area contributed by atoms with E-state index >= 15 is 0 Å². The molecule has 2 heterocycles. The number of benzene rings is 1. The molecule has 6 heteroatoms. The molecule has 1 aromatic carbocycles. The Bertz CT molecular complexity index is 669. The molecule has 2 atom stereocenters. The minimum absolute atomic E-state index is 0. The van der Waals surface area contributed by atoms with Crippen LogP contribution in [0.25, 0.3) is 0 Å². The van der Waals surface area contributed by atoms with Crippen molar-refractivity contribution in [2.45, 2.75) is 31.7 Å². The summed E-state index contributed by atoms with van der Waals surface area (Å²) in [5, 5.41) is 6.93. The van der Waals surface area contributed by atoms with Crippen LogP contribution in [0.15, 0.2) is 58.1 Å². The largest absolute Gasteiger partial charge is 0.468 e. The molecule has 1 aliphatic heterocycles. The molecule has 2 N–H and O–H groups in total. The van der Waals surface area contributed by atoms with E-state index in [0.29, 0.717) is 5.92 Å². The zero-order valence-corrected chi connectivity index (χ0v) is 18.6. The number of hydrogen-bond donors (Lipinski definition) is 2. The first-order valence-corrected chi connectivity index (χ1v) is 9.55. The average molecular weight is 482 g/mol. The molecule has 0 radical (unpaired) electrons. The van der Waals surface area contributed by atoms with Gasteiger partial charge in [-0.3, -0.25) is 9.89 Å². The van der Waals surface area contributed by atoms with Crippen LogP contribution in [-0.2, 0) is 0 Å². The third kappa shape index (κ3) is 6.24. The molecule has 148 valence electrons. The molecule has 0 bridgehead atoms. The van der Waals surface area contributed by atoms with Crippen LogP contribution < -0.4 is 10.6 Å². The number of halogens is 1. The van der Waals surface area contributed by atoms with E-state index in [2.05, 4.69) is 63.8 Å². The third-order valence-corrected chi connectivity index (χ3v) is 5.08. The number of guanidine groups is 1. The van der Waals surface area contributed by atoms with Crippen LogP contribution in [0.2, 0.25) is 0 Å². The first-order chi connectivity index (χ1) is 12.8. The number of rotatable bonds is 7. The molecular formula is C21H31IN4O. The average Bonchev–Trinajstić information content (AvgIpc) is 3.39. The van der Waals surface area contributed by atoms with Gasteiger partial charge in [-0.05, 0) is 49.5 Å². The fourth-order valence-corrected chi connectivity index (χ4v) is 3.51. The molecule has 2 aromatic rings. The van der Waals surface area contributed by atoms with E-state index in [0.717, 1.165) is 37.9 Å². The van der Waals surface area contributed by atoms with Crippen LogP contribution in [-0.4, -0.2) is 44.1 Å². The molecule has 0 aliphatic carbocycles. The predicted octanol–water partition coefficient (Wildman–Crippen LogP) is 4.00. The quantitative estimate of drug-likeness (QED) is 0.356. The lowest BCUT2D eigenvalue weighted by Gasteiger charge is -2.27. The highest BCUT2D eigenvalue weighted by Crippen LogP contribution is 2.24. The first-order valence-electron chi connectivity index (χ1n) is 9.55. The fraction of sp³-hybridized carbons (Fsp3) is 0.476. The maximum Gasteiger partial charge on any atom is 0.191 e. The molecule has 1 fully saturated rings. The van der Waals surface area contributed by atoms with Crippen LogP contribution in [0.4, 0.5) is 0 Å². The van der Waals surface area contributed by atoms with Gasteiger partial charge in [-0.2, -0.15) is 0 Å². The zero-order chi connectivity index (χ0) is 18.2. The fourth-order valence-electron chi connectivity index (χ4n) is 3.51. The van der Waals surface area contributed by atoms with Crippen molar-refractivity contribution in [3.8, 4) is 0 Å². The highest BCUT2D eigenvalue weighted by atomic mass is 127. The summed E-state index contributed by atoms with van der Waals surface area (Å²) in [6, 6.07) is 14.8. The molecule has 1 saturated heterocycles. The molecule has 5 nitrogen and oxygen atoms in total. The van der Waals surface area contributed by atoms with Gasteiger partial charge in [-0.15, -0.1) is 24.0 Å². The summed E-state index contributed by atoms with van der Waals surface area (Å²) in [5.74, 6) is 2.28. The Morgan fingerprint density at radius 1 is 1.07 bits per heavy atom. The van der Waals surface area contributed by atoms with Crippen molar-refractivity contribution < 1.29 is 4.42 Å². The van der Waals surface area contributed by atoms with Crippen LogP contribution in [0.1, 0.15) is 43.0 Å². The van der Waals surface area contributed by atoms with E-state index in [1.165, 1.54) is 18.4 Å². The van der Waals surface area contributed by atoms with Crippen molar-refractivity contribution in [2.24, 2.45) is 4.99 Å². The van der Waals surface area contributed by atoms with Gasteiger partial charge < -0.3 is 15.1 Å². The van der Waals surface area contributed by atoms with Crippen LogP contribution >= 0.6 is 24.0 Å². The molecule has 1 aromatic heterocycles. The van der Waals surface area contributed by atoms with Gasteiger partial charge in [-0.25, -0.2) is 0 Å². The Hall–Kier alpha value is -1.54. The Morgan fingerprint density at radius 3 is 2.41 bits per heavy atom. The van der Waals surface area contributed by atoms with E-state index in [1.54, 1.807) is 6.26 Å². The highest BCUT2D eigenvalue weighted by Gasteiger charge is 2.25. The second kappa shape index (κ2) is 11.3. The number of hydrogen-bond acceptors (Lipinski definition) is 3. The topological polar surface area (TPSA) is 52.8 Å². The molecule has 1 aliphatic rings. The van der Waals surface area contributed by atoms with Crippen LogP contribution in [0.5, 0.6) is 0 Å². The number of nitrogens with zero attached hydrogens (tertiary/aromatic N) is 2. The van der Waals surface area contributed by atoms with Crippen molar-refractivity contribution in [2.75, 3.05) is 33.2 Å². The summed E-state index contributed by atoms with van der Waals surface area (Å²) in [6.07, 6.45) is 4.28. The summed E-state index contributed by atoms with van der Waals surface area (Å²) >= 11 is 0. The maximum absolute atomic E-state index is 5.69. The van der Waals surface area contributed by atoms with E-state index < -0.39 is 0 Å². The summed E-state index contributed by atoms with van der Waals surface area (Å²) in [5.41, 5.74) is 1.33. The number of likely N-dealkylation sites (tertiary alicyclic amines) is 1. The van der Waals surface area contributed by atoms with E-state index in [9.17, 15) is 0 Å². The van der Waals surface area contributed by atoms with Gasteiger partial charge in [0, 0.05) is 20.1 Å². The normalized spacial score (nSPS) is 17.2. The zero-order valence-electron chi connectivity index (χ0n) is 16.2. The van der Waals surface area contributed by atoms with Crippen molar-refractivity contribution >= 4 is 29.9 Å². The van der Waals surface area contributed by atoms with Crippen LogP contribution in [0.3, 0.4) is 0 Å². The smallest absolute Gasteiger partial charge is 0.191 e. The van der Waals surface area contributed by atoms with Gasteiger partial charge in [0.05, 0.1) is 12.3 Å². The second-order valence-electron chi connectivity index (χ2n) is 6.92. The predicted molar refractivity (Wildman–Crippen MR) is 122 cm³/mol. The summed E-state index contributed by atoms with van der Waals surface area (Å²) in [6.45, 7) is 6.12. The molecule has 0 saturated carbocycles. The standard InChI is InChI=1S/C21H30N4O.HI/c1-17(18-9-4-3-5-10-18)15-23-21(22-2)24-16-19(20-11-8-14-26-20)25-12-6-7-13-25;/h3-5,8-11,14,17,19H,6-7,12-13,15-16H2,1-2H3,(H2,22,23,24);1H. The first kappa shape index (κ1) is 21.8. The molecule has 27 heavy (non-hydrogen) atoms. The molecule has 0 spiro atoms. The molecule has 2 unspecified atom stereocenters. The second-order valence-corrected chi connectivity index (χ2v) is 6.92. The number of furan rings is 1.